The standard InChI is InChI=1S/C21H23N3O2/c1-5-14-15-10-17(25-3)18(26-4)11-16(15)20-19(14)21(24-23-20)22-13-8-6-7-12(2)9-13/h6-11,14H,5H2,1-4H3,(H2,22,23,24)/t14-/m1/s1. The lowest BCUT2D eigenvalue weighted by molar-refractivity contribution is 0.354. The maximum absolute atomic E-state index is 5.50. The van der Waals surface area contributed by atoms with E-state index >= 15 is 0 Å². The lowest BCUT2D eigenvalue weighted by Crippen LogP contribution is -2.01. The van der Waals surface area contributed by atoms with E-state index in [1.807, 2.05) is 12.1 Å². The Balaban J connectivity index is 1.80. The van der Waals surface area contributed by atoms with Crippen molar-refractivity contribution < 1.29 is 9.47 Å². The minimum Gasteiger partial charge on any atom is -0.493 e. The number of aryl methyl sites for hydroxylation is 1. The summed E-state index contributed by atoms with van der Waals surface area (Å²) >= 11 is 0. The summed E-state index contributed by atoms with van der Waals surface area (Å²) in [5.41, 5.74) is 6.91. The number of H-pyrrole nitrogens is 1. The maximum atomic E-state index is 5.50. The van der Waals surface area contributed by atoms with Gasteiger partial charge in [0.1, 0.15) is 0 Å². The molecule has 1 heterocycles. The van der Waals surface area contributed by atoms with Crippen molar-refractivity contribution >= 4 is 11.5 Å². The average Bonchev–Trinajstić information content (AvgIpc) is 3.18. The van der Waals surface area contributed by atoms with Gasteiger partial charge in [-0.3, -0.25) is 5.10 Å². The van der Waals surface area contributed by atoms with Crippen LogP contribution in [-0.4, -0.2) is 24.4 Å². The topological polar surface area (TPSA) is 59.2 Å². The Kier molecular flexibility index (Phi) is 4.07. The number of nitrogens with one attached hydrogen (secondary N) is 2. The molecule has 4 rings (SSSR count). The smallest absolute Gasteiger partial charge is 0.161 e. The number of fused-ring (bicyclic) bond motifs is 3. The highest BCUT2D eigenvalue weighted by Crippen LogP contribution is 2.51. The van der Waals surface area contributed by atoms with Gasteiger partial charge in [0.2, 0.25) is 0 Å². The fourth-order valence-electron chi connectivity index (χ4n) is 3.83. The van der Waals surface area contributed by atoms with Gasteiger partial charge in [-0.2, -0.15) is 5.10 Å². The first-order valence-electron chi connectivity index (χ1n) is 8.84. The molecule has 1 aliphatic rings. The van der Waals surface area contributed by atoms with E-state index in [2.05, 4.69) is 53.6 Å². The van der Waals surface area contributed by atoms with E-state index in [0.29, 0.717) is 0 Å². The predicted molar refractivity (Wildman–Crippen MR) is 104 cm³/mol. The average molecular weight is 349 g/mol. The number of rotatable bonds is 5. The number of ether oxygens (including phenoxy) is 2. The van der Waals surface area contributed by atoms with Crippen molar-refractivity contribution in [3.05, 3.63) is 53.1 Å². The van der Waals surface area contributed by atoms with Crippen LogP contribution in [0.5, 0.6) is 11.5 Å². The number of benzene rings is 2. The number of anilines is 2. The van der Waals surface area contributed by atoms with Crippen molar-refractivity contribution in [1.29, 1.82) is 0 Å². The molecule has 2 aromatic carbocycles. The molecule has 3 aromatic rings. The summed E-state index contributed by atoms with van der Waals surface area (Å²) in [4.78, 5) is 0. The van der Waals surface area contributed by atoms with Crippen LogP contribution < -0.4 is 14.8 Å². The molecule has 0 fully saturated rings. The molecule has 0 saturated heterocycles. The zero-order valence-corrected chi connectivity index (χ0v) is 15.5. The molecule has 0 amide bonds. The molecule has 0 radical (unpaired) electrons. The number of hydrogen-bond acceptors (Lipinski definition) is 4. The van der Waals surface area contributed by atoms with E-state index < -0.39 is 0 Å². The second-order valence-electron chi connectivity index (χ2n) is 6.61. The van der Waals surface area contributed by atoms with Gasteiger partial charge >= 0.3 is 0 Å². The number of methoxy groups -OCH3 is 2. The molecule has 26 heavy (non-hydrogen) atoms. The summed E-state index contributed by atoms with van der Waals surface area (Å²) in [6, 6.07) is 12.4. The molecule has 0 unspecified atom stereocenters. The molecule has 5 nitrogen and oxygen atoms in total. The van der Waals surface area contributed by atoms with Crippen molar-refractivity contribution in [1.82, 2.24) is 10.2 Å². The SMILES string of the molecule is CC[C@@H]1c2cc(OC)c(OC)cc2-c2[nH]nc(Nc3cccc(C)c3)c21. The molecule has 0 bridgehead atoms. The minimum atomic E-state index is 0.269. The van der Waals surface area contributed by atoms with Crippen molar-refractivity contribution in [2.75, 3.05) is 19.5 Å². The van der Waals surface area contributed by atoms with E-state index in [-0.39, 0.29) is 5.92 Å². The summed E-state index contributed by atoms with van der Waals surface area (Å²) in [5.74, 6) is 2.64. The highest BCUT2D eigenvalue weighted by atomic mass is 16.5. The second-order valence-corrected chi connectivity index (χ2v) is 6.61. The first-order chi connectivity index (χ1) is 12.7. The van der Waals surface area contributed by atoms with Crippen molar-refractivity contribution in [3.63, 3.8) is 0 Å². The van der Waals surface area contributed by atoms with E-state index in [0.717, 1.165) is 40.7 Å². The molecule has 2 N–H and O–H groups in total. The van der Waals surface area contributed by atoms with Gasteiger partial charge in [0.15, 0.2) is 17.3 Å². The van der Waals surface area contributed by atoms with Crippen LogP contribution in [0.4, 0.5) is 11.5 Å². The quantitative estimate of drug-likeness (QED) is 0.680. The van der Waals surface area contributed by atoms with Gasteiger partial charge in [0.25, 0.3) is 0 Å². The molecule has 0 spiro atoms. The lowest BCUT2D eigenvalue weighted by Gasteiger charge is -2.15. The fraction of sp³-hybridized carbons (Fsp3) is 0.286. The Morgan fingerprint density at radius 1 is 1.12 bits per heavy atom. The van der Waals surface area contributed by atoms with Gasteiger partial charge in [-0.1, -0.05) is 19.1 Å². The molecule has 134 valence electrons. The van der Waals surface area contributed by atoms with E-state index in [1.165, 1.54) is 16.7 Å². The molecule has 0 aliphatic heterocycles. The molecule has 0 saturated carbocycles. The minimum absolute atomic E-state index is 0.269. The largest absolute Gasteiger partial charge is 0.493 e. The van der Waals surface area contributed by atoms with Crippen LogP contribution >= 0.6 is 0 Å². The zero-order valence-electron chi connectivity index (χ0n) is 15.5. The van der Waals surface area contributed by atoms with Gasteiger partial charge in [-0.15, -0.1) is 0 Å². The zero-order chi connectivity index (χ0) is 18.3. The summed E-state index contributed by atoms with van der Waals surface area (Å²) in [6.07, 6.45) is 0.984. The molecule has 1 aliphatic carbocycles. The summed E-state index contributed by atoms with van der Waals surface area (Å²) < 4.78 is 11.0. The van der Waals surface area contributed by atoms with Gasteiger partial charge in [-0.25, -0.2) is 0 Å². The predicted octanol–water partition coefficient (Wildman–Crippen LogP) is 5.00. The monoisotopic (exact) mass is 349 g/mol. The third-order valence-corrected chi connectivity index (χ3v) is 5.04. The van der Waals surface area contributed by atoms with E-state index in [9.17, 15) is 0 Å². The van der Waals surface area contributed by atoms with Crippen molar-refractivity contribution in [2.24, 2.45) is 0 Å². The van der Waals surface area contributed by atoms with Crippen LogP contribution in [0.3, 0.4) is 0 Å². The highest BCUT2D eigenvalue weighted by molar-refractivity contribution is 5.83. The van der Waals surface area contributed by atoms with Crippen molar-refractivity contribution in [3.8, 4) is 22.8 Å². The molecule has 5 heteroatoms. The fourth-order valence-corrected chi connectivity index (χ4v) is 3.83. The Morgan fingerprint density at radius 3 is 2.58 bits per heavy atom. The highest BCUT2D eigenvalue weighted by Gasteiger charge is 2.34. The summed E-state index contributed by atoms with van der Waals surface area (Å²) in [7, 11) is 3.33. The van der Waals surface area contributed by atoms with Crippen LogP contribution in [0.25, 0.3) is 11.3 Å². The number of aromatic amines is 1. The van der Waals surface area contributed by atoms with E-state index in [1.54, 1.807) is 14.2 Å². The van der Waals surface area contributed by atoms with Crippen LogP contribution in [0.2, 0.25) is 0 Å². The van der Waals surface area contributed by atoms with Crippen LogP contribution in [0.15, 0.2) is 36.4 Å². The van der Waals surface area contributed by atoms with Gasteiger partial charge in [0.05, 0.1) is 19.9 Å². The second kappa shape index (κ2) is 6.41. The van der Waals surface area contributed by atoms with E-state index in [4.69, 9.17) is 9.47 Å². The normalized spacial score (nSPS) is 14.7. The van der Waals surface area contributed by atoms with Gasteiger partial charge in [-0.05, 0) is 48.7 Å². The summed E-state index contributed by atoms with van der Waals surface area (Å²) in [6.45, 7) is 4.28. The van der Waals surface area contributed by atoms with Crippen LogP contribution in [-0.2, 0) is 0 Å². The Bertz CT molecular complexity index is 962. The lowest BCUT2D eigenvalue weighted by atomic mass is 9.94. The van der Waals surface area contributed by atoms with Crippen LogP contribution in [0, 0.1) is 6.92 Å². The molecule has 1 atom stereocenters. The van der Waals surface area contributed by atoms with Crippen molar-refractivity contribution in [2.45, 2.75) is 26.2 Å². The Hall–Kier alpha value is -2.95. The third-order valence-electron chi connectivity index (χ3n) is 5.04. The number of hydrogen-bond donors (Lipinski definition) is 2. The maximum Gasteiger partial charge on any atom is 0.161 e. The summed E-state index contributed by atoms with van der Waals surface area (Å²) in [5, 5.41) is 11.2. The molecule has 1 aromatic heterocycles. The number of aromatic nitrogens is 2. The Morgan fingerprint density at radius 2 is 1.88 bits per heavy atom. The number of nitrogens with zero attached hydrogens (tertiary/aromatic N) is 1. The van der Waals surface area contributed by atoms with Gasteiger partial charge < -0.3 is 14.8 Å². The van der Waals surface area contributed by atoms with Crippen LogP contribution in [0.1, 0.15) is 36.0 Å². The first kappa shape index (κ1) is 16.5. The first-order valence-corrected chi connectivity index (χ1v) is 8.84. The van der Waals surface area contributed by atoms with Gasteiger partial charge in [0, 0.05) is 22.7 Å². The molecular formula is C21H23N3O2. The third kappa shape index (κ3) is 2.51. The Labute approximate surface area is 153 Å². The molecular weight excluding hydrogens is 326 g/mol.